The third kappa shape index (κ3) is 12.2. The fourth-order valence-corrected chi connectivity index (χ4v) is 2.54. The summed E-state index contributed by atoms with van der Waals surface area (Å²) >= 11 is 4.70. The molecule has 13 heteroatoms. The molecule has 0 aromatic heterocycles. The molecule has 0 aliphatic heterocycles. The van der Waals surface area contributed by atoms with Crippen molar-refractivity contribution in [3.05, 3.63) is 40.0 Å². The molecule has 0 saturated heterocycles. The lowest BCUT2D eigenvalue weighted by Gasteiger charge is -2.14. The zero-order valence-corrected chi connectivity index (χ0v) is 19.0. The fourth-order valence-electron chi connectivity index (χ4n) is 2.44. The number of unbranched alkanes of at least 4 members (excludes halogenated alkanes) is 1. The summed E-state index contributed by atoms with van der Waals surface area (Å²) in [5, 5.41) is 12.1. The zero-order chi connectivity index (χ0) is 24.6. The molecule has 1 atom stereocenters. The van der Waals surface area contributed by atoms with Crippen molar-refractivity contribution in [1.82, 2.24) is 5.32 Å². The van der Waals surface area contributed by atoms with E-state index in [1.54, 1.807) is 12.1 Å². The summed E-state index contributed by atoms with van der Waals surface area (Å²) in [6, 6.07) is 3.90. The van der Waals surface area contributed by atoms with Crippen molar-refractivity contribution in [1.29, 1.82) is 0 Å². The standard InChI is InChI=1S/C20H28N4O8S/c1-29-17-13-14(7-9-18(25)30-11-2-3-12-31-24(27)28)6-8-16(17)32-19(26)15(21)5-4-10-23-20(22)33/h6-9,13,15H,2-5,10-12,21H2,1H3,(H3,22,23,33)/b9-7+. The number of ether oxygens (including phenoxy) is 3. The Morgan fingerprint density at radius 3 is 2.64 bits per heavy atom. The van der Waals surface area contributed by atoms with Gasteiger partial charge < -0.3 is 35.8 Å². The summed E-state index contributed by atoms with van der Waals surface area (Å²) in [5.74, 6) is -0.711. The average molecular weight is 485 g/mol. The van der Waals surface area contributed by atoms with Gasteiger partial charge in [-0.1, -0.05) is 6.07 Å². The van der Waals surface area contributed by atoms with Crippen LogP contribution in [0.5, 0.6) is 11.5 Å². The molecule has 0 heterocycles. The minimum absolute atomic E-state index is 0.0534. The Hall–Kier alpha value is -3.45. The van der Waals surface area contributed by atoms with E-state index in [-0.39, 0.29) is 29.8 Å². The molecule has 1 aromatic carbocycles. The summed E-state index contributed by atoms with van der Waals surface area (Å²) in [5.41, 5.74) is 11.8. The maximum absolute atomic E-state index is 12.2. The Morgan fingerprint density at radius 1 is 1.24 bits per heavy atom. The van der Waals surface area contributed by atoms with Gasteiger partial charge in [-0.2, -0.15) is 0 Å². The number of nitrogens with one attached hydrogen (secondary N) is 1. The molecule has 0 fully saturated rings. The minimum Gasteiger partial charge on any atom is -0.493 e. The topological polar surface area (TPSA) is 178 Å². The molecule has 5 N–H and O–H groups in total. The first-order valence-corrected chi connectivity index (χ1v) is 10.4. The van der Waals surface area contributed by atoms with Gasteiger partial charge in [0.1, 0.15) is 6.04 Å². The number of rotatable bonds is 15. The quantitative estimate of drug-likeness (QED) is 0.0614. The van der Waals surface area contributed by atoms with Crippen molar-refractivity contribution in [3.63, 3.8) is 0 Å². The Kier molecular flexibility index (Phi) is 12.8. The van der Waals surface area contributed by atoms with Crippen LogP contribution in [0.15, 0.2) is 24.3 Å². The van der Waals surface area contributed by atoms with E-state index in [0.717, 1.165) is 0 Å². The van der Waals surface area contributed by atoms with Crippen molar-refractivity contribution >= 4 is 35.3 Å². The fraction of sp³-hybridized carbons (Fsp3) is 0.450. The molecule has 33 heavy (non-hydrogen) atoms. The van der Waals surface area contributed by atoms with Crippen LogP contribution in [0.1, 0.15) is 31.2 Å². The molecule has 0 radical (unpaired) electrons. The summed E-state index contributed by atoms with van der Waals surface area (Å²) in [7, 11) is 1.42. The van der Waals surface area contributed by atoms with Crippen LogP contribution in [0.4, 0.5) is 0 Å². The van der Waals surface area contributed by atoms with Gasteiger partial charge in [-0.3, -0.25) is 0 Å². The summed E-state index contributed by atoms with van der Waals surface area (Å²) in [4.78, 5) is 38.2. The van der Waals surface area contributed by atoms with Gasteiger partial charge in [-0.15, -0.1) is 10.1 Å². The van der Waals surface area contributed by atoms with Gasteiger partial charge in [0.15, 0.2) is 16.6 Å². The number of nitrogens with two attached hydrogens (primary N) is 2. The van der Waals surface area contributed by atoms with E-state index in [1.165, 1.54) is 25.3 Å². The Bertz CT molecular complexity index is 849. The summed E-state index contributed by atoms with van der Waals surface area (Å²) < 4.78 is 15.6. The first kappa shape index (κ1) is 27.6. The molecule has 0 amide bonds. The van der Waals surface area contributed by atoms with E-state index < -0.39 is 23.1 Å². The van der Waals surface area contributed by atoms with Crippen LogP contribution in [0.3, 0.4) is 0 Å². The van der Waals surface area contributed by atoms with Crippen molar-refractivity contribution in [2.45, 2.75) is 31.7 Å². The molecular weight excluding hydrogens is 456 g/mol. The third-order valence-corrected chi connectivity index (χ3v) is 4.23. The molecule has 0 aliphatic rings. The predicted molar refractivity (Wildman–Crippen MR) is 123 cm³/mol. The number of hydrogen-bond donors (Lipinski definition) is 3. The second-order valence-electron chi connectivity index (χ2n) is 6.64. The maximum Gasteiger partial charge on any atom is 0.330 e. The second-order valence-corrected chi connectivity index (χ2v) is 7.08. The van der Waals surface area contributed by atoms with Crippen molar-refractivity contribution in [2.24, 2.45) is 11.5 Å². The number of carbonyl (C=O) groups is 2. The first-order valence-electron chi connectivity index (χ1n) is 10.0. The van der Waals surface area contributed by atoms with Crippen LogP contribution < -0.4 is 26.3 Å². The first-order chi connectivity index (χ1) is 15.7. The van der Waals surface area contributed by atoms with Crippen LogP contribution in [0, 0.1) is 10.1 Å². The van der Waals surface area contributed by atoms with Gasteiger partial charge in [0.2, 0.25) is 0 Å². The van der Waals surface area contributed by atoms with Crippen LogP contribution >= 0.6 is 12.2 Å². The lowest BCUT2D eigenvalue weighted by Crippen LogP contribution is -2.36. The number of esters is 2. The highest BCUT2D eigenvalue weighted by molar-refractivity contribution is 7.80. The number of nitrogens with zero attached hydrogens (tertiary/aromatic N) is 1. The number of methoxy groups -OCH3 is 1. The number of hydrogen-bond acceptors (Lipinski definition) is 10. The molecular formula is C20H28N4O8S. The average Bonchev–Trinajstić information content (AvgIpc) is 2.77. The molecule has 0 saturated carbocycles. The molecule has 1 unspecified atom stereocenters. The van der Waals surface area contributed by atoms with E-state index in [9.17, 15) is 19.7 Å². The third-order valence-electron chi connectivity index (χ3n) is 4.08. The van der Waals surface area contributed by atoms with Crippen LogP contribution in [-0.4, -0.2) is 55.0 Å². The van der Waals surface area contributed by atoms with Crippen molar-refractivity contribution in [2.75, 3.05) is 26.9 Å². The Morgan fingerprint density at radius 2 is 1.97 bits per heavy atom. The van der Waals surface area contributed by atoms with Crippen LogP contribution in [-0.2, 0) is 19.2 Å². The second kappa shape index (κ2) is 15.4. The van der Waals surface area contributed by atoms with Gasteiger partial charge in [0.05, 0.1) is 20.3 Å². The maximum atomic E-state index is 12.2. The van der Waals surface area contributed by atoms with E-state index in [4.69, 9.17) is 37.9 Å². The zero-order valence-electron chi connectivity index (χ0n) is 18.2. The predicted octanol–water partition coefficient (Wildman–Crippen LogP) is 1.09. The highest BCUT2D eigenvalue weighted by Crippen LogP contribution is 2.29. The van der Waals surface area contributed by atoms with Crippen molar-refractivity contribution in [3.8, 4) is 11.5 Å². The summed E-state index contributed by atoms with van der Waals surface area (Å²) in [6.45, 7) is 0.554. The molecule has 0 aliphatic carbocycles. The van der Waals surface area contributed by atoms with Crippen molar-refractivity contribution < 1.29 is 33.7 Å². The smallest absolute Gasteiger partial charge is 0.330 e. The SMILES string of the molecule is COc1cc(/C=C/C(=O)OCCCCO[N+](=O)[O-])ccc1OC(=O)C(N)CCCNC(N)=S. The van der Waals surface area contributed by atoms with E-state index >= 15 is 0 Å². The molecule has 12 nitrogen and oxygen atoms in total. The lowest BCUT2D eigenvalue weighted by atomic mass is 10.1. The van der Waals surface area contributed by atoms with E-state index in [1.807, 2.05) is 0 Å². The molecule has 1 aromatic rings. The monoisotopic (exact) mass is 484 g/mol. The number of benzene rings is 1. The molecule has 0 spiro atoms. The number of carbonyl (C=O) groups excluding carboxylic acids is 2. The number of thiocarbonyl (C=S) groups is 1. The van der Waals surface area contributed by atoms with Gasteiger partial charge in [0.25, 0.3) is 5.09 Å². The highest BCUT2D eigenvalue weighted by Gasteiger charge is 2.18. The van der Waals surface area contributed by atoms with Crippen LogP contribution in [0.25, 0.3) is 6.08 Å². The van der Waals surface area contributed by atoms with E-state index in [0.29, 0.717) is 37.8 Å². The van der Waals surface area contributed by atoms with E-state index in [2.05, 4.69) is 10.2 Å². The van der Waals surface area contributed by atoms with Crippen LogP contribution in [0.2, 0.25) is 0 Å². The van der Waals surface area contributed by atoms with Gasteiger partial charge in [0, 0.05) is 12.6 Å². The highest BCUT2D eigenvalue weighted by atomic mass is 32.1. The molecule has 0 bridgehead atoms. The molecule has 182 valence electrons. The minimum atomic E-state index is -0.872. The van der Waals surface area contributed by atoms with Gasteiger partial charge >= 0.3 is 11.9 Å². The molecule has 1 rings (SSSR count). The Balaban J connectivity index is 2.51. The van der Waals surface area contributed by atoms with Gasteiger partial charge in [-0.05, 0) is 61.7 Å². The normalized spacial score (nSPS) is 11.5. The largest absolute Gasteiger partial charge is 0.493 e. The lowest BCUT2D eigenvalue weighted by molar-refractivity contribution is -0.757. The Labute approximate surface area is 196 Å². The summed E-state index contributed by atoms with van der Waals surface area (Å²) in [6.07, 6.45) is 4.51. The van der Waals surface area contributed by atoms with Gasteiger partial charge in [-0.25, -0.2) is 9.59 Å².